The number of hydrogen-bond acceptors (Lipinski definition) is 4. The molecule has 0 saturated carbocycles. The molecule has 0 bridgehead atoms. The van der Waals surface area contributed by atoms with Gasteiger partial charge in [-0.05, 0) is 19.3 Å². The molecular formula is C12H17NO5S. The summed E-state index contributed by atoms with van der Waals surface area (Å²) >= 11 is 0. The Morgan fingerprint density at radius 2 is 1.89 bits per heavy atom. The zero-order chi connectivity index (χ0) is 14.0. The number of carboxylic acids is 1. The van der Waals surface area contributed by atoms with Crippen molar-refractivity contribution in [3.8, 4) is 0 Å². The zero-order valence-electron chi connectivity index (χ0n) is 10.5. The van der Waals surface area contributed by atoms with Crippen LogP contribution < -0.4 is 0 Å². The van der Waals surface area contributed by atoms with Crippen molar-refractivity contribution >= 4 is 21.7 Å². The molecule has 1 N–H and O–H groups in total. The summed E-state index contributed by atoms with van der Waals surface area (Å²) in [6.45, 7) is -0.421. The van der Waals surface area contributed by atoms with Crippen LogP contribution in [0.2, 0.25) is 0 Å². The molecular weight excluding hydrogens is 270 g/mol. The lowest BCUT2D eigenvalue weighted by Gasteiger charge is -2.29. The van der Waals surface area contributed by atoms with Crippen LogP contribution in [0, 0.1) is 5.92 Å². The third-order valence-corrected chi connectivity index (χ3v) is 5.35. The Hall–Kier alpha value is -1.37. The Kier molecular flexibility index (Phi) is 3.93. The molecule has 7 heteroatoms. The van der Waals surface area contributed by atoms with E-state index in [4.69, 9.17) is 5.11 Å². The minimum Gasteiger partial charge on any atom is -0.480 e. The van der Waals surface area contributed by atoms with Crippen LogP contribution in [0.15, 0.2) is 12.2 Å². The second-order valence-corrected chi connectivity index (χ2v) is 7.29. The molecule has 1 heterocycles. The molecule has 1 saturated heterocycles. The Bertz CT molecular complexity index is 502. The van der Waals surface area contributed by atoms with E-state index in [-0.39, 0.29) is 23.3 Å². The maximum absolute atomic E-state index is 12.3. The number of carbonyl (C=O) groups is 2. The van der Waals surface area contributed by atoms with E-state index in [1.165, 1.54) is 4.90 Å². The number of sulfone groups is 1. The van der Waals surface area contributed by atoms with E-state index in [2.05, 4.69) is 0 Å². The lowest BCUT2D eigenvalue weighted by Crippen LogP contribution is -2.46. The molecule has 2 aliphatic rings. The van der Waals surface area contributed by atoms with Gasteiger partial charge in [0.05, 0.1) is 11.5 Å². The highest BCUT2D eigenvalue weighted by molar-refractivity contribution is 7.91. The summed E-state index contributed by atoms with van der Waals surface area (Å²) in [7, 11) is -3.14. The zero-order valence-corrected chi connectivity index (χ0v) is 11.3. The number of hydrogen-bond donors (Lipinski definition) is 1. The standard InChI is InChI=1S/C12H17NO5S/c14-11(15)7-13(10-5-6-19(17,18)8-10)12(16)9-3-1-2-4-9/h1-2,9-10H,3-8H2,(H,14,15). The fourth-order valence-electron chi connectivity index (χ4n) is 2.61. The number of nitrogens with zero attached hydrogens (tertiary/aromatic N) is 1. The van der Waals surface area contributed by atoms with Crippen molar-refractivity contribution in [3.05, 3.63) is 12.2 Å². The SMILES string of the molecule is O=C(O)CN(C(=O)C1CC=CC1)C1CCS(=O)(=O)C1. The summed E-state index contributed by atoms with van der Waals surface area (Å²) in [6, 6.07) is -0.491. The quantitative estimate of drug-likeness (QED) is 0.738. The molecule has 19 heavy (non-hydrogen) atoms. The third kappa shape index (κ3) is 3.34. The summed E-state index contributed by atoms with van der Waals surface area (Å²) in [5.41, 5.74) is 0. The average Bonchev–Trinajstić information content (AvgIpc) is 2.94. The molecule has 0 aromatic heterocycles. The monoisotopic (exact) mass is 287 g/mol. The predicted octanol–water partition coefficient (Wildman–Crippen LogP) is 0.0529. The lowest BCUT2D eigenvalue weighted by atomic mass is 10.0. The van der Waals surface area contributed by atoms with Crippen molar-refractivity contribution in [2.75, 3.05) is 18.1 Å². The van der Waals surface area contributed by atoms with Gasteiger partial charge in [0.25, 0.3) is 0 Å². The Balaban J connectivity index is 2.11. The van der Waals surface area contributed by atoms with Crippen molar-refractivity contribution in [1.29, 1.82) is 0 Å². The van der Waals surface area contributed by atoms with E-state index in [9.17, 15) is 18.0 Å². The summed E-state index contributed by atoms with van der Waals surface area (Å²) in [4.78, 5) is 24.4. The van der Waals surface area contributed by atoms with Gasteiger partial charge in [-0.25, -0.2) is 8.42 Å². The number of carboxylic acid groups (broad SMARTS) is 1. The maximum atomic E-state index is 12.3. The van der Waals surface area contributed by atoms with Crippen LogP contribution >= 0.6 is 0 Å². The molecule has 1 unspecified atom stereocenters. The van der Waals surface area contributed by atoms with Crippen molar-refractivity contribution in [1.82, 2.24) is 4.90 Å². The van der Waals surface area contributed by atoms with Crippen molar-refractivity contribution in [2.45, 2.75) is 25.3 Å². The second kappa shape index (κ2) is 5.32. The van der Waals surface area contributed by atoms with E-state index < -0.39 is 28.4 Å². The average molecular weight is 287 g/mol. The highest BCUT2D eigenvalue weighted by Gasteiger charge is 2.37. The summed E-state index contributed by atoms with van der Waals surface area (Å²) in [6.07, 6.45) is 5.34. The molecule has 0 radical (unpaired) electrons. The van der Waals surface area contributed by atoms with Crippen LogP contribution in [-0.4, -0.2) is 54.4 Å². The van der Waals surface area contributed by atoms with E-state index in [1.54, 1.807) is 0 Å². The molecule has 6 nitrogen and oxygen atoms in total. The fraction of sp³-hybridized carbons (Fsp3) is 0.667. The van der Waals surface area contributed by atoms with Gasteiger partial charge in [0.1, 0.15) is 6.54 Å². The molecule has 0 aromatic rings. The molecule has 1 fully saturated rings. The van der Waals surface area contributed by atoms with Crippen LogP contribution in [0.4, 0.5) is 0 Å². The molecule has 1 atom stereocenters. The van der Waals surface area contributed by atoms with Gasteiger partial charge in [-0.3, -0.25) is 9.59 Å². The van der Waals surface area contributed by atoms with Gasteiger partial charge in [-0.15, -0.1) is 0 Å². The van der Waals surface area contributed by atoms with Gasteiger partial charge in [0.15, 0.2) is 9.84 Å². The maximum Gasteiger partial charge on any atom is 0.323 e. The number of amides is 1. The third-order valence-electron chi connectivity index (χ3n) is 3.59. The van der Waals surface area contributed by atoms with Crippen LogP contribution in [0.25, 0.3) is 0 Å². The number of aliphatic carboxylic acids is 1. The van der Waals surface area contributed by atoms with Crippen LogP contribution in [-0.2, 0) is 19.4 Å². The molecule has 0 aromatic carbocycles. The van der Waals surface area contributed by atoms with Gasteiger partial charge in [0.2, 0.25) is 5.91 Å². The fourth-order valence-corrected chi connectivity index (χ4v) is 4.34. The van der Waals surface area contributed by atoms with E-state index >= 15 is 0 Å². The molecule has 0 spiro atoms. The number of carbonyl (C=O) groups excluding carboxylic acids is 1. The largest absolute Gasteiger partial charge is 0.480 e. The van der Waals surface area contributed by atoms with Crippen molar-refractivity contribution < 1.29 is 23.1 Å². The number of allylic oxidation sites excluding steroid dienone is 2. The Morgan fingerprint density at radius 3 is 2.37 bits per heavy atom. The predicted molar refractivity (Wildman–Crippen MR) is 68.3 cm³/mol. The van der Waals surface area contributed by atoms with Gasteiger partial charge < -0.3 is 10.0 Å². The molecule has 106 valence electrons. The van der Waals surface area contributed by atoms with Crippen LogP contribution in [0.3, 0.4) is 0 Å². The molecule has 2 rings (SSSR count). The Morgan fingerprint density at radius 1 is 1.26 bits per heavy atom. The molecule has 1 aliphatic carbocycles. The highest BCUT2D eigenvalue weighted by Crippen LogP contribution is 2.25. The Labute approximate surface area is 112 Å². The van der Waals surface area contributed by atoms with Crippen molar-refractivity contribution in [3.63, 3.8) is 0 Å². The topological polar surface area (TPSA) is 91.8 Å². The van der Waals surface area contributed by atoms with Gasteiger partial charge in [-0.2, -0.15) is 0 Å². The van der Waals surface area contributed by atoms with Crippen LogP contribution in [0.5, 0.6) is 0 Å². The van der Waals surface area contributed by atoms with Gasteiger partial charge in [-0.1, -0.05) is 12.2 Å². The summed E-state index contributed by atoms with van der Waals surface area (Å²) < 4.78 is 23.0. The first-order chi connectivity index (χ1) is 8.89. The first-order valence-corrected chi connectivity index (χ1v) is 8.09. The summed E-state index contributed by atoms with van der Waals surface area (Å²) in [5.74, 6) is -1.67. The van der Waals surface area contributed by atoms with E-state index in [0.717, 1.165) is 0 Å². The van der Waals surface area contributed by atoms with Crippen molar-refractivity contribution in [2.24, 2.45) is 5.92 Å². The van der Waals surface area contributed by atoms with Crippen LogP contribution in [0.1, 0.15) is 19.3 Å². The smallest absolute Gasteiger partial charge is 0.323 e. The first kappa shape index (κ1) is 14.0. The minimum atomic E-state index is -3.14. The number of rotatable bonds is 4. The minimum absolute atomic E-state index is 0.0317. The highest BCUT2D eigenvalue weighted by atomic mass is 32.2. The first-order valence-electron chi connectivity index (χ1n) is 6.27. The second-order valence-electron chi connectivity index (χ2n) is 5.06. The van der Waals surface area contributed by atoms with Gasteiger partial charge >= 0.3 is 5.97 Å². The van der Waals surface area contributed by atoms with Gasteiger partial charge in [0, 0.05) is 12.0 Å². The molecule has 1 amide bonds. The van der Waals surface area contributed by atoms with E-state index in [0.29, 0.717) is 19.3 Å². The lowest BCUT2D eigenvalue weighted by molar-refractivity contribution is -0.147. The van der Waals surface area contributed by atoms with E-state index in [1.807, 2.05) is 12.2 Å². The normalized spacial score (nSPS) is 25.6. The molecule has 1 aliphatic heterocycles. The summed E-state index contributed by atoms with van der Waals surface area (Å²) in [5, 5.41) is 8.91.